The highest BCUT2D eigenvalue weighted by molar-refractivity contribution is 14.1. The highest BCUT2D eigenvalue weighted by Gasteiger charge is 2.20. The molecule has 0 amide bonds. The van der Waals surface area contributed by atoms with Gasteiger partial charge in [0, 0.05) is 20.9 Å². The van der Waals surface area contributed by atoms with Gasteiger partial charge in [0.1, 0.15) is 5.75 Å². The smallest absolute Gasteiger partial charge is 0.125 e. The van der Waals surface area contributed by atoms with Gasteiger partial charge in [-0.1, -0.05) is 28.1 Å². The zero-order valence-electron chi connectivity index (χ0n) is 10.8. The first kappa shape index (κ1) is 14.4. The molecule has 1 N–H and O–H groups in total. The lowest BCUT2D eigenvalue weighted by molar-refractivity contribution is 0.177. The summed E-state index contributed by atoms with van der Waals surface area (Å²) in [7, 11) is 0. The van der Waals surface area contributed by atoms with Gasteiger partial charge in [-0.05, 0) is 63.5 Å². The maximum atomic E-state index is 10.4. The summed E-state index contributed by atoms with van der Waals surface area (Å²) in [5.41, 5.74) is 3.24. The zero-order chi connectivity index (χ0) is 14.1. The first-order chi connectivity index (χ1) is 9.63. The Kier molecular flexibility index (Phi) is 4.33. The van der Waals surface area contributed by atoms with Crippen LogP contribution in [0.1, 0.15) is 22.8 Å². The van der Waals surface area contributed by atoms with Gasteiger partial charge in [-0.2, -0.15) is 0 Å². The van der Waals surface area contributed by atoms with Crippen LogP contribution in [-0.4, -0.2) is 11.7 Å². The molecule has 2 nitrogen and oxygen atoms in total. The van der Waals surface area contributed by atoms with E-state index in [9.17, 15) is 5.11 Å². The standard InChI is InChI=1S/C16H14BrIO2/c17-13-6-11-4-5-20-16(11)12(7-13)9-15(19)10-2-1-3-14(18)8-10/h1-3,6-8,15,19H,4-5,9H2. The Morgan fingerprint density at radius 3 is 2.95 bits per heavy atom. The summed E-state index contributed by atoms with van der Waals surface area (Å²) in [6.07, 6.45) is 1.01. The lowest BCUT2D eigenvalue weighted by atomic mass is 9.99. The molecular weight excluding hydrogens is 431 g/mol. The van der Waals surface area contributed by atoms with E-state index in [1.807, 2.05) is 30.3 Å². The third-order valence-corrected chi connectivity index (χ3v) is 4.60. The van der Waals surface area contributed by atoms with Crippen LogP contribution in [-0.2, 0) is 12.8 Å². The van der Waals surface area contributed by atoms with Crippen LogP contribution in [0.3, 0.4) is 0 Å². The van der Waals surface area contributed by atoms with E-state index in [4.69, 9.17) is 4.74 Å². The fourth-order valence-electron chi connectivity index (χ4n) is 2.54. The minimum absolute atomic E-state index is 0.507. The third-order valence-electron chi connectivity index (χ3n) is 3.47. The van der Waals surface area contributed by atoms with Crippen molar-refractivity contribution in [2.45, 2.75) is 18.9 Å². The van der Waals surface area contributed by atoms with E-state index >= 15 is 0 Å². The summed E-state index contributed by atoms with van der Waals surface area (Å²) in [5.74, 6) is 0.956. The number of aliphatic hydroxyl groups excluding tert-OH is 1. The van der Waals surface area contributed by atoms with Gasteiger partial charge in [-0.25, -0.2) is 0 Å². The molecule has 4 heteroatoms. The second-order valence-electron chi connectivity index (χ2n) is 4.93. The number of aliphatic hydroxyl groups is 1. The molecule has 1 aliphatic heterocycles. The van der Waals surface area contributed by atoms with E-state index < -0.39 is 6.10 Å². The Bertz CT molecular complexity index is 642. The molecule has 0 aliphatic carbocycles. The summed E-state index contributed by atoms with van der Waals surface area (Å²) >= 11 is 5.80. The second-order valence-corrected chi connectivity index (χ2v) is 7.09. The average molecular weight is 445 g/mol. The van der Waals surface area contributed by atoms with Gasteiger partial charge in [-0.3, -0.25) is 0 Å². The molecule has 104 valence electrons. The lowest BCUT2D eigenvalue weighted by Gasteiger charge is -2.14. The predicted octanol–water partition coefficient (Wildman–Crippen LogP) is 4.26. The summed E-state index contributed by atoms with van der Waals surface area (Å²) in [6.45, 7) is 0.734. The van der Waals surface area contributed by atoms with Crippen molar-refractivity contribution in [1.29, 1.82) is 0 Å². The van der Waals surface area contributed by atoms with Crippen LogP contribution in [0.25, 0.3) is 0 Å². The van der Waals surface area contributed by atoms with Crippen molar-refractivity contribution in [2.24, 2.45) is 0 Å². The predicted molar refractivity (Wildman–Crippen MR) is 91.2 cm³/mol. The fraction of sp³-hybridized carbons (Fsp3) is 0.250. The van der Waals surface area contributed by atoms with Crippen LogP contribution < -0.4 is 4.74 Å². The Hall–Kier alpha value is -0.590. The van der Waals surface area contributed by atoms with Crippen molar-refractivity contribution in [3.05, 3.63) is 61.1 Å². The summed E-state index contributed by atoms with van der Waals surface area (Å²) in [5, 5.41) is 10.4. The van der Waals surface area contributed by atoms with Gasteiger partial charge in [0.2, 0.25) is 0 Å². The number of rotatable bonds is 3. The molecule has 1 unspecified atom stereocenters. The van der Waals surface area contributed by atoms with Crippen molar-refractivity contribution in [2.75, 3.05) is 6.61 Å². The molecule has 1 aliphatic rings. The maximum absolute atomic E-state index is 10.4. The van der Waals surface area contributed by atoms with Crippen LogP contribution in [0.4, 0.5) is 0 Å². The van der Waals surface area contributed by atoms with Gasteiger partial charge < -0.3 is 9.84 Å². The first-order valence-electron chi connectivity index (χ1n) is 6.51. The van der Waals surface area contributed by atoms with E-state index in [1.54, 1.807) is 0 Å². The van der Waals surface area contributed by atoms with Gasteiger partial charge in [0.15, 0.2) is 0 Å². The number of halogens is 2. The van der Waals surface area contributed by atoms with Crippen LogP contribution in [0.15, 0.2) is 40.9 Å². The van der Waals surface area contributed by atoms with Crippen molar-refractivity contribution >= 4 is 38.5 Å². The van der Waals surface area contributed by atoms with Gasteiger partial charge in [0.05, 0.1) is 12.7 Å². The van der Waals surface area contributed by atoms with Crippen LogP contribution in [0, 0.1) is 3.57 Å². The van der Waals surface area contributed by atoms with E-state index in [2.05, 4.69) is 44.6 Å². The van der Waals surface area contributed by atoms with E-state index in [1.165, 1.54) is 5.56 Å². The van der Waals surface area contributed by atoms with Crippen molar-refractivity contribution < 1.29 is 9.84 Å². The van der Waals surface area contributed by atoms with Crippen molar-refractivity contribution in [1.82, 2.24) is 0 Å². The molecule has 0 bridgehead atoms. The number of fused-ring (bicyclic) bond motifs is 1. The normalized spacial score (nSPS) is 14.8. The fourth-order valence-corrected chi connectivity index (χ4v) is 3.66. The number of hydrogen-bond acceptors (Lipinski definition) is 2. The van der Waals surface area contributed by atoms with E-state index in [-0.39, 0.29) is 0 Å². The third kappa shape index (κ3) is 3.02. The quantitative estimate of drug-likeness (QED) is 0.716. The monoisotopic (exact) mass is 444 g/mol. The number of ether oxygens (including phenoxy) is 1. The largest absolute Gasteiger partial charge is 0.493 e. The number of benzene rings is 2. The molecule has 1 atom stereocenters. The SMILES string of the molecule is OC(Cc1cc(Br)cc2c1OCC2)c1cccc(I)c1. The second kappa shape index (κ2) is 6.03. The van der Waals surface area contributed by atoms with Gasteiger partial charge in [0.25, 0.3) is 0 Å². The Morgan fingerprint density at radius 1 is 1.30 bits per heavy atom. The first-order valence-corrected chi connectivity index (χ1v) is 8.38. The molecule has 1 heterocycles. The van der Waals surface area contributed by atoms with E-state index in [0.29, 0.717) is 6.42 Å². The van der Waals surface area contributed by atoms with Crippen LogP contribution in [0.5, 0.6) is 5.75 Å². The zero-order valence-corrected chi connectivity index (χ0v) is 14.5. The molecule has 0 saturated heterocycles. The molecule has 0 spiro atoms. The van der Waals surface area contributed by atoms with Crippen molar-refractivity contribution in [3.63, 3.8) is 0 Å². The summed E-state index contributed by atoms with van der Waals surface area (Å²) < 4.78 is 7.89. The lowest BCUT2D eigenvalue weighted by Crippen LogP contribution is -2.03. The summed E-state index contributed by atoms with van der Waals surface area (Å²) in [4.78, 5) is 0. The molecule has 0 radical (unpaired) electrons. The number of hydrogen-bond donors (Lipinski definition) is 1. The molecule has 3 rings (SSSR count). The van der Waals surface area contributed by atoms with Crippen molar-refractivity contribution in [3.8, 4) is 5.75 Å². The maximum Gasteiger partial charge on any atom is 0.125 e. The average Bonchev–Trinajstić information content (AvgIpc) is 2.86. The highest BCUT2D eigenvalue weighted by Crippen LogP contribution is 2.35. The minimum Gasteiger partial charge on any atom is -0.493 e. The Labute approximate surface area is 140 Å². The van der Waals surface area contributed by atoms with Crippen LogP contribution >= 0.6 is 38.5 Å². The molecule has 0 aromatic heterocycles. The van der Waals surface area contributed by atoms with Gasteiger partial charge >= 0.3 is 0 Å². The van der Waals surface area contributed by atoms with E-state index in [0.717, 1.165) is 37.9 Å². The minimum atomic E-state index is -0.507. The summed E-state index contributed by atoms with van der Waals surface area (Å²) in [6, 6.07) is 12.1. The molecule has 0 fully saturated rings. The molecule has 2 aromatic carbocycles. The topological polar surface area (TPSA) is 29.5 Å². The highest BCUT2D eigenvalue weighted by atomic mass is 127. The molecule has 0 saturated carbocycles. The molecule has 20 heavy (non-hydrogen) atoms. The van der Waals surface area contributed by atoms with Crippen LogP contribution in [0.2, 0.25) is 0 Å². The van der Waals surface area contributed by atoms with Gasteiger partial charge in [-0.15, -0.1) is 0 Å². The molecule has 2 aromatic rings. The molecular formula is C16H14BrIO2. The Morgan fingerprint density at radius 2 is 2.15 bits per heavy atom. The Balaban J connectivity index is 1.88.